The van der Waals surface area contributed by atoms with E-state index >= 15 is 0 Å². The van der Waals surface area contributed by atoms with Crippen LogP contribution in [0.4, 0.5) is 19.0 Å². The maximum Gasteiger partial charge on any atom is 0.417 e. The number of nitrogens with zero attached hydrogens (tertiary/aromatic N) is 4. The molecule has 32 heavy (non-hydrogen) atoms. The third-order valence-electron chi connectivity index (χ3n) is 5.87. The summed E-state index contributed by atoms with van der Waals surface area (Å²) in [7, 11) is 0. The quantitative estimate of drug-likeness (QED) is 0.719. The van der Waals surface area contributed by atoms with Gasteiger partial charge in [0.05, 0.1) is 18.8 Å². The Morgan fingerprint density at radius 3 is 2.53 bits per heavy atom. The van der Waals surface area contributed by atoms with E-state index in [4.69, 9.17) is 4.74 Å². The molecule has 2 aliphatic rings. The fraction of sp³-hybridized carbons (Fsp3) is 0.478. The van der Waals surface area contributed by atoms with Gasteiger partial charge < -0.3 is 14.5 Å². The summed E-state index contributed by atoms with van der Waals surface area (Å²) in [6.45, 7) is 6.29. The van der Waals surface area contributed by atoms with Gasteiger partial charge in [-0.15, -0.1) is 0 Å². The molecule has 6 nitrogen and oxygen atoms in total. The van der Waals surface area contributed by atoms with E-state index in [2.05, 4.69) is 9.88 Å². The van der Waals surface area contributed by atoms with Crippen molar-refractivity contribution in [3.05, 3.63) is 59.3 Å². The number of morpholine rings is 1. The van der Waals surface area contributed by atoms with Crippen LogP contribution in [-0.2, 0) is 17.5 Å². The van der Waals surface area contributed by atoms with Gasteiger partial charge in [-0.1, -0.05) is 12.1 Å². The van der Waals surface area contributed by atoms with Gasteiger partial charge in [-0.05, 0) is 36.2 Å². The average Bonchev–Trinajstić information content (AvgIpc) is 3.05. The Kier molecular flexibility index (Phi) is 6.95. The first-order valence-corrected chi connectivity index (χ1v) is 10.9. The number of carbonyl (C=O) groups is 1. The minimum atomic E-state index is -4.40. The SMILES string of the molecule is O=C(c1cccc(CN2CCOCC2)c1)N1CCCN(c2ccc(C(F)(F)F)cn2)CC1. The summed E-state index contributed by atoms with van der Waals surface area (Å²) >= 11 is 0. The largest absolute Gasteiger partial charge is 0.417 e. The molecule has 1 aromatic heterocycles. The van der Waals surface area contributed by atoms with Crippen molar-refractivity contribution in [1.82, 2.24) is 14.8 Å². The highest BCUT2D eigenvalue weighted by Crippen LogP contribution is 2.29. The molecule has 0 spiro atoms. The first-order chi connectivity index (χ1) is 15.4. The molecule has 2 aromatic rings. The summed E-state index contributed by atoms with van der Waals surface area (Å²) in [6.07, 6.45) is -2.81. The Labute approximate surface area is 185 Å². The maximum absolute atomic E-state index is 13.1. The molecule has 0 unspecified atom stereocenters. The van der Waals surface area contributed by atoms with Crippen molar-refractivity contribution in [2.75, 3.05) is 57.4 Å². The van der Waals surface area contributed by atoms with E-state index in [1.165, 1.54) is 6.07 Å². The first kappa shape index (κ1) is 22.5. The first-order valence-electron chi connectivity index (χ1n) is 10.9. The Morgan fingerprint density at radius 2 is 1.81 bits per heavy atom. The number of halogens is 3. The molecule has 0 N–H and O–H groups in total. The number of hydrogen-bond donors (Lipinski definition) is 0. The summed E-state index contributed by atoms with van der Waals surface area (Å²) in [4.78, 5) is 23.2. The molecule has 2 fully saturated rings. The van der Waals surface area contributed by atoms with Gasteiger partial charge >= 0.3 is 6.18 Å². The summed E-state index contributed by atoms with van der Waals surface area (Å²) in [5, 5.41) is 0. The van der Waals surface area contributed by atoms with Crippen LogP contribution in [0.3, 0.4) is 0 Å². The molecule has 1 amide bonds. The third-order valence-corrected chi connectivity index (χ3v) is 5.87. The van der Waals surface area contributed by atoms with E-state index in [1.807, 2.05) is 34.1 Å². The minimum Gasteiger partial charge on any atom is -0.379 e. The molecule has 1 aromatic carbocycles. The van der Waals surface area contributed by atoms with Gasteiger partial charge in [0.1, 0.15) is 5.82 Å². The number of hydrogen-bond acceptors (Lipinski definition) is 5. The normalized spacial score (nSPS) is 18.5. The summed E-state index contributed by atoms with van der Waals surface area (Å²) < 4.78 is 43.7. The van der Waals surface area contributed by atoms with Gasteiger partial charge in [0.25, 0.3) is 5.91 Å². The van der Waals surface area contributed by atoms with Crippen LogP contribution < -0.4 is 4.90 Å². The number of benzene rings is 1. The van der Waals surface area contributed by atoms with Crippen molar-refractivity contribution in [2.24, 2.45) is 0 Å². The standard InChI is InChI=1S/C23H27F3N4O2/c24-23(25,26)20-5-6-21(27-16-20)29-7-2-8-30(10-9-29)22(31)19-4-1-3-18(15-19)17-28-11-13-32-14-12-28/h1,3-6,15-16H,2,7-14,17H2. The van der Waals surface area contributed by atoms with Crippen molar-refractivity contribution in [3.63, 3.8) is 0 Å². The fourth-order valence-electron chi connectivity index (χ4n) is 4.09. The van der Waals surface area contributed by atoms with E-state index in [0.29, 0.717) is 37.6 Å². The zero-order valence-corrected chi connectivity index (χ0v) is 17.9. The van der Waals surface area contributed by atoms with Crippen LogP contribution in [0.15, 0.2) is 42.6 Å². The Balaban J connectivity index is 1.38. The fourth-order valence-corrected chi connectivity index (χ4v) is 4.09. The van der Waals surface area contributed by atoms with Crippen LogP contribution in [0.5, 0.6) is 0 Å². The molecule has 0 radical (unpaired) electrons. The zero-order valence-electron chi connectivity index (χ0n) is 17.9. The highest BCUT2D eigenvalue weighted by molar-refractivity contribution is 5.94. The van der Waals surface area contributed by atoms with E-state index < -0.39 is 11.7 Å². The van der Waals surface area contributed by atoms with E-state index in [9.17, 15) is 18.0 Å². The smallest absolute Gasteiger partial charge is 0.379 e. The van der Waals surface area contributed by atoms with Crippen LogP contribution in [0.2, 0.25) is 0 Å². The number of pyridine rings is 1. The molecular formula is C23H27F3N4O2. The lowest BCUT2D eigenvalue weighted by atomic mass is 10.1. The van der Waals surface area contributed by atoms with E-state index in [-0.39, 0.29) is 5.91 Å². The van der Waals surface area contributed by atoms with Crippen LogP contribution in [0.1, 0.15) is 27.9 Å². The molecule has 0 aliphatic carbocycles. The van der Waals surface area contributed by atoms with Crippen LogP contribution in [0.25, 0.3) is 0 Å². The minimum absolute atomic E-state index is 0.0175. The number of carbonyl (C=O) groups excluding carboxylic acids is 1. The number of amides is 1. The molecule has 172 valence electrons. The van der Waals surface area contributed by atoms with E-state index in [0.717, 1.165) is 57.1 Å². The molecule has 0 bridgehead atoms. The summed E-state index contributed by atoms with van der Waals surface area (Å²) in [5.41, 5.74) is 1.00. The van der Waals surface area contributed by atoms with Crippen molar-refractivity contribution in [2.45, 2.75) is 19.1 Å². The number of ether oxygens (including phenoxy) is 1. The number of anilines is 1. The highest BCUT2D eigenvalue weighted by Gasteiger charge is 2.31. The Bertz CT molecular complexity index is 914. The molecule has 2 saturated heterocycles. The second-order valence-corrected chi connectivity index (χ2v) is 8.12. The highest BCUT2D eigenvalue weighted by atomic mass is 19.4. The van der Waals surface area contributed by atoms with E-state index in [1.54, 1.807) is 0 Å². The molecule has 0 atom stereocenters. The predicted octanol–water partition coefficient (Wildman–Crippen LogP) is 3.29. The van der Waals surface area contributed by atoms with Crippen LogP contribution in [0, 0.1) is 0 Å². The Hall–Kier alpha value is -2.65. The Morgan fingerprint density at radius 1 is 1.00 bits per heavy atom. The number of alkyl halides is 3. The van der Waals surface area contributed by atoms with Crippen LogP contribution >= 0.6 is 0 Å². The van der Waals surface area contributed by atoms with Gasteiger partial charge in [0.15, 0.2) is 0 Å². The average molecular weight is 448 g/mol. The second-order valence-electron chi connectivity index (χ2n) is 8.12. The lowest BCUT2D eigenvalue weighted by Gasteiger charge is -2.27. The molecule has 4 rings (SSSR count). The van der Waals surface area contributed by atoms with Gasteiger partial charge in [-0.3, -0.25) is 9.69 Å². The zero-order chi connectivity index (χ0) is 22.6. The maximum atomic E-state index is 13.1. The van der Waals surface area contributed by atoms with Gasteiger partial charge in [0, 0.05) is 57.6 Å². The van der Waals surface area contributed by atoms with Crippen LogP contribution in [-0.4, -0.2) is 73.2 Å². The van der Waals surface area contributed by atoms with Crippen molar-refractivity contribution in [1.29, 1.82) is 0 Å². The van der Waals surface area contributed by atoms with Crippen molar-refractivity contribution < 1.29 is 22.7 Å². The van der Waals surface area contributed by atoms with Crippen molar-refractivity contribution >= 4 is 11.7 Å². The molecular weight excluding hydrogens is 421 g/mol. The lowest BCUT2D eigenvalue weighted by molar-refractivity contribution is -0.137. The molecule has 9 heteroatoms. The monoisotopic (exact) mass is 448 g/mol. The molecule has 0 saturated carbocycles. The van der Waals surface area contributed by atoms with Gasteiger partial charge in [-0.25, -0.2) is 4.98 Å². The third kappa shape index (κ3) is 5.58. The lowest BCUT2D eigenvalue weighted by Crippen LogP contribution is -2.36. The molecule has 3 heterocycles. The number of aromatic nitrogens is 1. The topological polar surface area (TPSA) is 48.9 Å². The number of rotatable bonds is 4. The van der Waals surface area contributed by atoms with Gasteiger partial charge in [-0.2, -0.15) is 13.2 Å². The van der Waals surface area contributed by atoms with Gasteiger partial charge in [0.2, 0.25) is 0 Å². The summed E-state index contributed by atoms with van der Waals surface area (Å²) in [6, 6.07) is 10.2. The predicted molar refractivity (Wildman–Crippen MR) is 115 cm³/mol. The summed E-state index contributed by atoms with van der Waals surface area (Å²) in [5.74, 6) is 0.482. The van der Waals surface area contributed by atoms with Crippen molar-refractivity contribution in [3.8, 4) is 0 Å². The second kappa shape index (κ2) is 9.87. The molecule has 2 aliphatic heterocycles.